The summed E-state index contributed by atoms with van der Waals surface area (Å²) in [5.41, 5.74) is 1.79. The summed E-state index contributed by atoms with van der Waals surface area (Å²) in [6.07, 6.45) is 1.05. The molecule has 1 N–H and O–H groups in total. The Morgan fingerprint density at radius 2 is 1.97 bits per heavy atom. The van der Waals surface area contributed by atoms with Gasteiger partial charge in [-0.3, -0.25) is 9.78 Å². The first kappa shape index (κ1) is 18.8. The summed E-state index contributed by atoms with van der Waals surface area (Å²) in [6, 6.07) is 20.5. The molecule has 148 valence electrons. The third-order valence-electron chi connectivity index (χ3n) is 4.63. The average molecular weight is 390 g/mol. The van der Waals surface area contributed by atoms with Crippen molar-refractivity contribution in [1.29, 1.82) is 0 Å². The van der Waals surface area contributed by atoms with E-state index in [0.29, 0.717) is 18.1 Å². The maximum atomic E-state index is 12.6. The number of rotatable bonds is 6. The molecule has 6 heteroatoms. The summed E-state index contributed by atoms with van der Waals surface area (Å²) in [7, 11) is 0. The van der Waals surface area contributed by atoms with Crippen molar-refractivity contribution in [2.45, 2.75) is 25.7 Å². The molecule has 0 saturated heterocycles. The highest BCUT2D eigenvalue weighted by atomic mass is 16.6. The van der Waals surface area contributed by atoms with Gasteiger partial charge in [0.25, 0.3) is 5.91 Å². The van der Waals surface area contributed by atoms with Crippen LogP contribution in [0.25, 0.3) is 0 Å². The van der Waals surface area contributed by atoms with Crippen LogP contribution < -0.4 is 19.5 Å². The molecule has 6 nitrogen and oxygen atoms in total. The second-order valence-corrected chi connectivity index (χ2v) is 6.78. The van der Waals surface area contributed by atoms with Crippen molar-refractivity contribution in [2.24, 2.45) is 0 Å². The third-order valence-corrected chi connectivity index (χ3v) is 4.63. The molecule has 1 amide bonds. The summed E-state index contributed by atoms with van der Waals surface area (Å²) in [5.74, 6) is 1.74. The van der Waals surface area contributed by atoms with Crippen molar-refractivity contribution in [3.05, 3.63) is 84.2 Å². The van der Waals surface area contributed by atoms with Crippen molar-refractivity contribution in [3.63, 3.8) is 0 Å². The molecule has 29 heavy (non-hydrogen) atoms. The number of hydrogen-bond acceptors (Lipinski definition) is 5. The molecule has 0 saturated carbocycles. The third kappa shape index (κ3) is 4.66. The number of nitrogens with one attached hydrogen (secondary N) is 1. The minimum Gasteiger partial charge on any atom is -0.487 e. The van der Waals surface area contributed by atoms with E-state index in [2.05, 4.69) is 10.3 Å². The molecular weight excluding hydrogens is 368 g/mol. The van der Waals surface area contributed by atoms with Crippen LogP contribution in [0.3, 0.4) is 0 Å². The van der Waals surface area contributed by atoms with E-state index in [0.717, 1.165) is 17.0 Å². The molecule has 2 aromatic carbocycles. The van der Waals surface area contributed by atoms with E-state index in [1.807, 2.05) is 67.6 Å². The number of carbonyl (C=O) groups is 1. The SMILES string of the molecule is C[C@H](NC(=O)[C@@H]1COc2ccccc2O1)c1cccc(OCc2ccccn2)c1. The van der Waals surface area contributed by atoms with Gasteiger partial charge in [0.2, 0.25) is 6.10 Å². The van der Waals surface area contributed by atoms with Gasteiger partial charge in [-0.15, -0.1) is 0 Å². The smallest absolute Gasteiger partial charge is 0.265 e. The fourth-order valence-electron chi connectivity index (χ4n) is 3.05. The van der Waals surface area contributed by atoms with Crippen LogP contribution in [0.4, 0.5) is 0 Å². The van der Waals surface area contributed by atoms with E-state index in [9.17, 15) is 4.79 Å². The molecule has 3 aromatic rings. The minimum absolute atomic E-state index is 0.183. The molecule has 2 heterocycles. The van der Waals surface area contributed by atoms with Crippen molar-refractivity contribution in [3.8, 4) is 17.2 Å². The van der Waals surface area contributed by atoms with Crippen LogP contribution in [-0.2, 0) is 11.4 Å². The Morgan fingerprint density at radius 1 is 1.14 bits per heavy atom. The highest BCUT2D eigenvalue weighted by Crippen LogP contribution is 2.31. The number of pyridine rings is 1. The Morgan fingerprint density at radius 3 is 2.79 bits per heavy atom. The zero-order valence-electron chi connectivity index (χ0n) is 16.1. The number of aromatic nitrogens is 1. The lowest BCUT2D eigenvalue weighted by Crippen LogP contribution is -2.44. The second kappa shape index (κ2) is 8.65. The summed E-state index contributed by atoms with van der Waals surface area (Å²) in [6.45, 7) is 2.49. The predicted octanol–water partition coefficient (Wildman–Crippen LogP) is 3.68. The van der Waals surface area contributed by atoms with Crippen LogP contribution in [0.15, 0.2) is 72.9 Å². The highest BCUT2D eigenvalue weighted by Gasteiger charge is 2.28. The molecule has 1 aliphatic rings. The molecule has 4 rings (SSSR count). The van der Waals surface area contributed by atoms with Gasteiger partial charge in [-0.05, 0) is 48.9 Å². The van der Waals surface area contributed by atoms with Crippen LogP contribution in [0, 0.1) is 0 Å². The number of ether oxygens (including phenoxy) is 3. The van der Waals surface area contributed by atoms with Crippen LogP contribution in [-0.4, -0.2) is 23.6 Å². The predicted molar refractivity (Wildman–Crippen MR) is 108 cm³/mol. The number of amides is 1. The van der Waals surface area contributed by atoms with Gasteiger partial charge in [0, 0.05) is 6.20 Å². The fourth-order valence-corrected chi connectivity index (χ4v) is 3.05. The Kier molecular flexibility index (Phi) is 5.61. The molecule has 1 aliphatic heterocycles. The minimum atomic E-state index is -0.684. The van der Waals surface area contributed by atoms with E-state index < -0.39 is 6.10 Å². The van der Waals surface area contributed by atoms with Gasteiger partial charge in [-0.1, -0.05) is 30.3 Å². The van der Waals surface area contributed by atoms with Crippen LogP contribution >= 0.6 is 0 Å². The van der Waals surface area contributed by atoms with Gasteiger partial charge < -0.3 is 19.5 Å². The molecule has 1 aromatic heterocycles. The van der Waals surface area contributed by atoms with E-state index in [4.69, 9.17) is 14.2 Å². The quantitative estimate of drug-likeness (QED) is 0.695. The van der Waals surface area contributed by atoms with Gasteiger partial charge in [0.05, 0.1) is 11.7 Å². The number of benzene rings is 2. The standard InChI is InChI=1S/C23H22N2O4/c1-16(25-23(26)22-15-28-20-10-2-3-11-21(20)29-22)17-7-6-9-19(13-17)27-14-18-8-4-5-12-24-18/h2-13,16,22H,14-15H2,1H3,(H,25,26)/t16-,22-/m0/s1. The van der Waals surface area contributed by atoms with Gasteiger partial charge >= 0.3 is 0 Å². The summed E-state index contributed by atoms with van der Waals surface area (Å²) in [4.78, 5) is 16.9. The molecule has 0 radical (unpaired) electrons. The monoisotopic (exact) mass is 390 g/mol. The van der Waals surface area contributed by atoms with Crippen molar-refractivity contribution in [1.82, 2.24) is 10.3 Å². The van der Waals surface area contributed by atoms with E-state index in [-0.39, 0.29) is 18.6 Å². The van der Waals surface area contributed by atoms with Crippen LogP contribution in [0.1, 0.15) is 24.2 Å². The van der Waals surface area contributed by atoms with Crippen LogP contribution in [0.2, 0.25) is 0 Å². The molecule has 0 spiro atoms. The number of para-hydroxylation sites is 2. The van der Waals surface area contributed by atoms with Gasteiger partial charge in [0.15, 0.2) is 11.5 Å². The van der Waals surface area contributed by atoms with Crippen molar-refractivity contribution >= 4 is 5.91 Å². The Labute approximate surface area is 169 Å². The molecule has 0 unspecified atom stereocenters. The summed E-state index contributed by atoms with van der Waals surface area (Å²) >= 11 is 0. The lowest BCUT2D eigenvalue weighted by Gasteiger charge is -2.27. The first-order valence-electron chi connectivity index (χ1n) is 9.50. The topological polar surface area (TPSA) is 69.7 Å². The Balaban J connectivity index is 1.36. The first-order chi connectivity index (χ1) is 14.2. The van der Waals surface area contributed by atoms with Gasteiger partial charge in [-0.25, -0.2) is 0 Å². The van der Waals surface area contributed by atoms with Gasteiger partial charge in [0.1, 0.15) is 19.0 Å². The largest absolute Gasteiger partial charge is 0.487 e. The number of nitrogens with zero attached hydrogens (tertiary/aromatic N) is 1. The number of hydrogen-bond donors (Lipinski definition) is 1. The normalized spacial score (nSPS) is 16.0. The zero-order valence-corrected chi connectivity index (χ0v) is 16.1. The van der Waals surface area contributed by atoms with E-state index >= 15 is 0 Å². The zero-order chi connectivity index (χ0) is 20.1. The second-order valence-electron chi connectivity index (χ2n) is 6.78. The first-order valence-corrected chi connectivity index (χ1v) is 9.50. The molecule has 0 bridgehead atoms. The summed E-state index contributed by atoms with van der Waals surface area (Å²) in [5, 5.41) is 2.99. The number of fused-ring (bicyclic) bond motifs is 1. The highest BCUT2D eigenvalue weighted by molar-refractivity contribution is 5.82. The van der Waals surface area contributed by atoms with Crippen molar-refractivity contribution in [2.75, 3.05) is 6.61 Å². The molecule has 0 aliphatic carbocycles. The Bertz CT molecular complexity index is 977. The van der Waals surface area contributed by atoms with Crippen LogP contribution in [0.5, 0.6) is 17.2 Å². The van der Waals surface area contributed by atoms with E-state index in [1.54, 1.807) is 12.3 Å². The average Bonchev–Trinajstić information content (AvgIpc) is 2.78. The van der Waals surface area contributed by atoms with Gasteiger partial charge in [-0.2, -0.15) is 0 Å². The maximum absolute atomic E-state index is 12.6. The fraction of sp³-hybridized carbons (Fsp3) is 0.217. The Hall–Kier alpha value is -3.54. The van der Waals surface area contributed by atoms with Crippen molar-refractivity contribution < 1.29 is 19.0 Å². The lowest BCUT2D eigenvalue weighted by molar-refractivity contribution is -0.131. The molecular formula is C23H22N2O4. The summed E-state index contributed by atoms with van der Waals surface area (Å²) < 4.78 is 17.2. The number of carbonyl (C=O) groups excluding carboxylic acids is 1. The van der Waals surface area contributed by atoms with E-state index in [1.165, 1.54) is 0 Å². The molecule has 2 atom stereocenters. The lowest BCUT2D eigenvalue weighted by atomic mass is 10.1. The maximum Gasteiger partial charge on any atom is 0.265 e. The molecule has 0 fully saturated rings.